The summed E-state index contributed by atoms with van der Waals surface area (Å²) in [7, 11) is 0. The molecule has 0 saturated carbocycles. The zero-order valence-electron chi connectivity index (χ0n) is 17.4. The van der Waals surface area contributed by atoms with Crippen LogP contribution in [0.3, 0.4) is 0 Å². The number of nitrogens with zero attached hydrogens (tertiary/aromatic N) is 3. The lowest BCUT2D eigenvalue weighted by atomic mass is 9.83. The molecule has 1 aromatic carbocycles. The van der Waals surface area contributed by atoms with Gasteiger partial charge in [-0.05, 0) is 42.5 Å². The number of hydrogen-bond donors (Lipinski definition) is 1. The predicted molar refractivity (Wildman–Crippen MR) is 121 cm³/mol. The van der Waals surface area contributed by atoms with Gasteiger partial charge in [0.25, 0.3) is 5.56 Å². The zero-order valence-corrected chi connectivity index (χ0v) is 17.4. The van der Waals surface area contributed by atoms with Crippen LogP contribution in [0.4, 0.5) is 11.5 Å². The summed E-state index contributed by atoms with van der Waals surface area (Å²) >= 11 is 0. The summed E-state index contributed by atoms with van der Waals surface area (Å²) in [5.74, 6) is 1.71. The lowest BCUT2D eigenvalue weighted by Gasteiger charge is -2.43. The number of fused-ring (bicyclic) bond motifs is 4. The number of pyridine rings is 2. The van der Waals surface area contributed by atoms with Gasteiger partial charge in [0.05, 0.1) is 11.9 Å². The van der Waals surface area contributed by atoms with Gasteiger partial charge in [-0.2, -0.15) is 0 Å². The number of rotatable bonds is 5. The van der Waals surface area contributed by atoms with Crippen LogP contribution in [0.1, 0.15) is 30.0 Å². The summed E-state index contributed by atoms with van der Waals surface area (Å²) in [6.45, 7) is 2.53. The minimum absolute atomic E-state index is 0.00652. The minimum Gasteiger partial charge on any atom is -0.356 e. The van der Waals surface area contributed by atoms with Gasteiger partial charge >= 0.3 is 0 Å². The van der Waals surface area contributed by atoms with Crippen molar-refractivity contribution < 1.29 is 4.79 Å². The molecule has 2 bridgehead atoms. The van der Waals surface area contributed by atoms with Gasteiger partial charge < -0.3 is 14.8 Å². The Hall–Kier alpha value is -3.41. The highest BCUT2D eigenvalue weighted by Gasteiger charge is 2.34. The highest BCUT2D eigenvalue weighted by atomic mass is 16.1. The molecule has 1 fully saturated rings. The van der Waals surface area contributed by atoms with Crippen LogP contribution in [0, 0.1) is 5.92 Å². The zero-order chi connectivity index (χ0) is 21.2. The second-order valence-corrected chi connectivity index (χ2v) is 8.54. The molecule has 4 heterocycles. The molecule has 6 nitrogen and oxygen atoms in total. The fourth-order valence-electron chi connectivity index (χ4n) is 4.86. The fourth-order valence-corrected chi connectivity index (χ4v) is 4.86. The second-order valence-electron chi connectivity index (χ2n) is 8.54. The third-order valence-corrected chi connectivity index (χ3v) is 6.32. The van der Waals surface area contributed by atoms with E-state index < -0.39 is 0 Å². The van der Waals surface area contributed by atoms with E-state index in [1.165, 1.54) is 0 Å². The van der Waals surface area contributed by atoms with Crippen LogP contribution >= 0.6 is 0 Å². The Kier molecular flexibility index (Phi) is 5.28. The molecule has 1 N–H and O–H groups in total. The van der Waals surface area contributed by atoms with Crippen molar-refractivity contribution in [3.05, 3.63) is 88.5 Å². The van der Waals surface area contributed by atoms with Gasteiger partial charge in [-0.3, -0.25) is 9.59 Å². The first-order chi connectivity index (χ1) is 15.2. The van der Waals surface area contributed by atoms with E-state index >= 15 is 0 Å². The average molecular weight is 415 g/mol. The molecule has 2 aliphatic rings. The first-order valence-electron chi connectivity index (χ1n) is 10.9. The molecule has 1 saturated heterocycles. The van der Waals surface area contributed by atoms with Crippen molar-refractivity contribution in [2.24, 2.45) is 5.92 Å². The van der Waals surface area contributed by atoms with Crippen LogP contribution in [0.25, 0.3) is 0 Å². The lowest BCUT2D eigenvalue weighted by Crippen LogP contribution is -2.47. The Balaban J connectivity index is 1.22. The standard InChI is InChI=1S/C25H26N4O2/c30-24(12-9-18-5-2-1-3-6-18)27-21-10-11-23(26-14-21)28-15-19-13-20(17-28)22-7-4-8-25(31)29(22)16-19/h1-8,10-11,14,19-20H,9,12-13,15-17H2,(H,27,30)/t19-,20+/m0/s1. The first kappa shape index (κ1) is 19.5. The SMILES string of the molecule is O=C(CCc1ccccc1)Nc1ccc(N2C[C@@H]3C[C@H](C2)c2cccc(=O)n2C3)nc1. The monoisotopic (exact) mass is 414 g/mol. The molecular formula is C25H26N4O2. The van der Waals surface area contributed by atoms with E-state index in [1.807, 2.05) is 53.1 Å². The highest BCUT2D eigenvalue weighted by molar-refractivity contribution is 5.90. The molecule has 2 aliphatic heterocycles. The highest BCUT2D eigenvalue weighted by Crippen LogP contribution is 2.36. The number of carbonyl (C=O) groups excluding carboxylic acids is 1. The Morgan fingerprint density at radius 2 is 1.87 bits per heavy atom. The molecule has 3 aromatic rings. The maximum absolute atomic E-state index is 12.3. The molecule has 0 radical (unpaired) electrons. The quantitative estimate of drug-likeness (QED) is 0.695. The maximum atomic E-state index is 12.3. The number of aryl methyl sites for hydroxylation is 1. The van der Waals surface area contributed by atoms with Crippen molar-refractivity contribution in [1.82, 2.24) is 9.55 Å². The van der Waals surface area contributed by atoms with Gasteiger partial charge in [0.15, 0.2) is 0 Å². The number of carbonyl (C=O) groups is 1. The number of aromatic nitrogens is 2. The Labute approximate surface area is 181 Å². The van der Waals surface area contributed by atoms with Gasteiger partial charge in [0, 0.05) is 43.7 Å². The van der Waals surface area contributed by atoms with Crippen molar-refractivity contribution in [1.29, 1.82) is 0 Å². The lowest BCUT2D eigenvalue weighted by molar-refractivity contribution is -0.116. The van der Waals surface area contributed by atoms with E-state index in [4.69, 9.17) is 0 Å². The topological polar surface area (TPSA) is 67.2 Å². The van der Waals surface area contributed by atoms with Crippen LogP contribution in [0.5, 0.6) is 0 Å². The molecule has 0 unspecified atom stereocenters. The number of hydrogen-bond acceptors (Lipinski definition) is 4. The Bertz CT molecular complexity index is 1120. The average Bonchev–Trinajstić information content (AvgIpc) is 2.80. The second kappa shape index (κ2) is 8.38. The smallest absolute Gasteiger partial charge is 0.250 e. The van der Waals surface area contributed by atoms with E-state index in [0.29, 0.717) is 18.3 Å². The summed E-state index contributed by atoms with van der Waals surface area (Å²) in [6.07, 6.45) is 4.02. The predicted octanol–water partition coefficient (Wildman–Crippen LogP) is 3.44. The number of nitrogens with one attached hydrogen (secondary N) is 1. The molecule has 2 aromatic heterocycles. The maximum Gasteiger partial charge on any atom is 0.250 e. The summed E-state index contributed by atoms with van der Waals surface area (Å²) in [6, 6.07) is 19.5. The van der Waals surface area contributed by atoms with Crippen LogP contribution < -0.4 is 15.8 Å². The minimum atomic E-state index is -0.00652. The van der Waals surface area contributed by atoms with E-state index in [-0.39, 0.29) is 11.5 Å². The van der Waals surface area contributed by atoms with E-state index in [2.05, 4.69) is 21.3 Å². The van der Waals surface area contributed by atoms with Crippen molar-refractivity contribution in [3.8, 4) is 0 Å². The van der Waals surface area contributed by atoms with Gasteiger partial charge in [-0.25, -0.2) is 4.98 Å². The van der Waals surface area contributed by atoms with E-state index in [0.717, 1.165) is 55.2 Å². The van der Waals surface area contributed by atoms with Crippen LogP contribution in [0.15, 0.2) is 71.7 Å². The van der Waals surface area contributed by atoms with E-state index in [1.54, 1.807) is 12.3 Å². The van der Waals surface area contributed by atoms with Crippen LogP contribution in [-0.4, -0.2) is 28.5 Å². The number of amides is 1. The molecule has 2 atom stereocenters. The number of anilines is 2. The van der Waals surface area contributed by atoms with Gasteiger partial charge in [-0.1, -0.05) is 36.4 Å². The fraction of sp³-hybridized carbons (Fsp3) is 0.320. The van der Waals surface area contributed by atoms with Crippen molar-refractivity contribution >= 4 is 17.4 Å². The Morgan fingerprint density at radius 1 is 1.00 bits per heavy atom. The molecule has 31 heavy (non-hydrogen) atoms. The van der Waals surface area contributed by atoms with Crippen molar-refractivity contribution in [2.75, 3.05) is 23.3 Å². The normalized spacial score (nSPS) is 19.5. The summed E-state index contributed by atoms with van der Waals surface area (Å²) in [5.41, 5.74) is 3.11. The summed E-state index contributed by atoms with van der Waals surface area (Å²) < 4.78 is 1.94. The largest absolute Gasteiger partial charge is 0.356 e. The molecule has 5 rings (SSSR count). The molecule has 6 heteroatoms. The summed E-state index contributed by atoms with van der Waals surface area (Å²) in [5, 5.41) is 2.94. The third-order valence-electron chi connectivity index (χ3n) is 6.32. The van der Waals surface area contributed by atoms with E-state index in [9.17, 15) is 9.59 Å². The number of piperidine rings is 1. The van der Waals surface area contributed by atoms with Gasteiger partial charge in [0.1, 0.15) is 5.82 Å². The Morgan fingerprint density at radius 3 is 2.68 bits per heavy atom. The van der Waals surface area contributed by atoms with Crippen molar-refractivity contribution in [2.45, 2.75) is 31.7 Å². The molecule has 1 amide bonds. The van der Waals surface area contributed by atoms with Gasteiger partial charge in [0.2, 0.25) is 5.91 Å². The summed E-state index contributed by atoms with van der Waals surface area (Å²) in [4.78, 5) is 31.4. The molecule has 158 valence electrons. The number of benzene rings is 1. The molecule has 0 spiro atoms. The van der Waals surface area contributed by atoms with Gasteiger partial charge in [-0.15, -0.1) is 0 Å². The van der Waals surface area contributed by atoms with Crippen molar-refractivity contribution in [3.63, 3.8) is 0 Å². The third kappa shape index (κ3) is 4.24. The molecular weight excluding hydrogens is 388 g/mol. The first-order valence-corrected chi connectivity index (χ1v) is 10.9. The molecule has 0 aliphatic carbocycles. The van der Waals surface area contributed by atoms with Crippen LogP contribution in [0.2, 0.25) is 0 Å². The van der Waals surface area contributed by atoms with Crippen LogP contribution in [-0.2, 0) is 17.8 Å².